The highest BCUT2D eigenvalue weighted by atomic mass is 79.9. The average Bonchev–Trinajstić information content (AvgIpc) is 2.41. The molecule has 0 saturated heterocycles. The maximum atomic E-state index is 13.3. The summed E-state index contributed by atoms with van der Waals surface area (Å²) in [7, 11) is 1.63. The van der Waals surface area contributed by atoms with Crippen molar-refractivity contribution in [2.24, 2.45) is 5.73 Å². The van der Waals surface area contributed by atoms with Crippen LogP contribution in [0.3, 0.4) is 0 Å². The molecule has 0 radical (unpaired) electrons. The highest BCUT2D eigenvalue weighted by Gasteiger charge is 2.22. The molecule has 112 valence electrons. The third-order valence-corrected chi connectivity index (χ3v) is 5.03. The molecule has 0 bridgehead atoms. The first-order valence-corrected chi connectivity index (χ1v) is 7.99. The van der Waals surface area contributed by atoms with Crippen LogP contribution < -0.4 is 10.5 Å². The fraction of sp³-hybridized carbons (Fsp3) is 0.250. The molecule has 2 N–H and O–H groups in total. The molecular weight excluding hydrogens is 401 g/mol. The van der Waals surface area contributed by atoms with Crippen molar-refractivity contribution >= 4 is 31.9 Å². The Bertz CT molecular complexity index is 688. The zero-order valence-corrected chi connectivity index (χ0v) is 15.2. The van der Waals surface area contributed by atoms with Crippen LogP contribution in [-0.2, 0) is 0 Å². The molecule has 0 aliphatic rings. The molecule has 1 unspecified atom stereocenters. The van der Waals surface area contributed by atoms with E-state index in [0.717, 1.165) is 32.5 Å². The second-order valence-corrected chi connectivity index (χ2v) is 6.60. The zero-order chi connectivity index (χ0) is 15.7. The summed E-state index contributed by atoms with van der Waals surface area (Å²) in [5, 5.41) is 0. The van der Waals surface area contributed by atoms with Gasteiger partial charge in [-0.05, 0) is 48.7 Å². The molecule has 0 aliphatic heterocycles. The molecule has 0 amide bonds. The molecule has 5 heteroatoms. The van der Waals surface area contributed by atoms with Gasteiger partial charge >= 0.3 is 0 Å². The number of benzene rings is 2. The number of aryl methyl sites for hydroxylation is 1. The Morgan fingerprint density at radius 1 is 1.14 bits per heavy atom. The minimum atomic E-state index is -0.411. The lowest BCUT2D eigenvalue weighted by molar-refractivity contribution is 0.404. The summed E-state index contributed by atoms with van der Waals surface area (Å²) in [6, 6.07) is 6.11. The molecule has 2 rings (SSSR count). The second kappa shape index (κ2) is 6.46. The molecule has 0 heterocycles. The van der Waals surface area contributed by atoms with Gasteiger partial charge in [0.05, 0.1) is 13.2 Å². The largest absolute Gasteiger partial charge is 0.496 e. The first-order valence-electron chi connectivity index (χ1n) is 6.41. The Kier molecular flexibility index (Phi) is 5.07. The van der Waals surface area contributed by atoms with Crippen molar-refractivity contribution in [2.75, 3.05) is 7.11 Å². The average molecular weight is 417 g/mol. The smallest absolute Gasteiger partial charge is 0.127 e. The Hall–Kier alpha value is -0.910. The molecule has 1 atom stereocenters. The standard InChI is InChI=1S/C16H16Br2FNO/c1-8-6-12(17)9(2)14(16(8)21-3)15(20)11-5-4-10(19)7-13(11)18/h4-7,15H,20H2,1-3H3. The van der Waals surface area contributed by atoms with Crippen molar-refractivity contribution in [1.29, 1.82) is 0 Å². The summed E-state index contributed by atoms with van der Waals surface area (Å²) >= 11 is 6.93. The summed E-state index contributed by atoms with van der Waals surface area (Å²) < 4.78 is 20.4. The van der Waals surface area contributed by atoms with E-state index in [1.807, 2.05) is 19.9 Å². The van der Waals surface area contributed by atoms with Gasteiger partial charge in [-0.3, -0.25) is 0 Å². The van der Waals surface area contributed by atoms with Crippen molar-refractivity contribution in [3.8, 4) is 5.75 Å². The normalized spacial score (nSPS) is 12.3. The predicted molar refractivity (Wildman–Crippen MR) is 90.3 cm³/mol. The lowest BCUT2D eigenvalue weighted by Gasteiger charge is -2.22. The monoisotopic (exact) mass is 415 g/mol. The highest BCUT2D eigenvalue weighted by molar-refractivity contribution is 9.10. The maximum absolute atomic E-state index is 13.3. The molecule has 2 nitrogen and oxygen atoms in total. The third kappa shape index (κ3) is 3.15. The van der Waals surface area contributed by atoms with Crippen LogP contribution in [0, 0.1) is 19.7 Å². The van der Waals surface area contributed by atoms with Gasteiger partial charge in [-0.25, -0.2) is 4.39 Å². The van der Waals surface area contributed by atoms with E-state index >= 15 is 0 Å². The minimum Gasteiger partial charge on any atom is -0.496 e. The van der Waals surface area contributed by atoms with Gasteiger partial charge in [-0.2, -0.15) is 0 Å². The van der Waals surface area contributed by atoms with Gasteiger partial charge in [0.25, 0.3) is 0 Å². The van der Waals surface area contributed by atoms with Crippen LogP contribution in [0.15, 0.2) is 33.2 Å². The van der Waals surface area contributed by atoms with E-state index in [2.05, 4.69) is 31.9 Å². The van der Waals surface area contributed by atoms with E-state index in [-0.39, 0.29) is 5.82 Å². The SMILES string of the molecule is COc1c(C)cc(Br)c(C)c1C(N)c1ccc(F)cc1Br. The summed E-state index contributed by atoms with van der Waals surface area (Å²) in [5.74, 6) is 0.464. The van der Waals surface area contributed by atoms with Crippen LogP contribution in [0.4, 0.5) is 4.39 Å². The van der Waals surface area contributed by atoms with E-state index < -0.39 is 6.04 Å². The van der Waals surface area contributed by atoms with Crippen LogP contribution in [-0.4, -0.2) is 7.11 Å². The molecule has 0 aromatic heterocycles. The first-order chi connectivity index (χ1) is 9.86. The minimum absolute atomic E-state index is 0.299. The Morgan fingerprint density at radius 3 is 2.38 bits per heavy atom. The lowest BCUT2D eigenvalue weighted by atomic mass is 9.93. The Morgan fingerprint density at radius 2 is 1.81 bits per heavy atom. The van der Waals surface area contributed by atoms with Crippen molar-refractivity contribution in [3.05, 3.63) is 61.3 Å². The molecule has 0 fully saturated rings. The summed E-state index contributed by atoms with van der Waals surface area (Å²) in [6.45, 7) is 3.96. The maximum Gasteiger partial charge on any atom is 0.127 e. The van der Waals surface area contributed by atoms with Gasteiger partial charge in [0.15, 0.2) is 0 Å². The lowest BCUT2D eigenvalue weighted by Crippen LogP contribution is -2.16. The number of methoxy groups -OCH3 is 1. The van der Waals surface area contributed by atoms with Crippen LogP contribution in [0.2, 0.25) is 0 Å². The zero-order valence-electron chi connectivity index (χ0n) is 12.0. The number of hydrogen-bond donors (Lipinski definition) is 1. The fourth-order valence-electron chi connectivity index (χ4n) is 2.43. The number of halogens is 3. The Balaban J connectivity index is 2.65. The van der Waals surface area contributed by atoms with Crippen LogP contribution in [0.25, 0.3) is 0 Å². The molecule has 2 aromatic carbocycles. The Labute approximate surface area is 140 Å². The van der Waals surface area contributed by atoms with Gasteiger partial charge in [0, 0.05) is 14.5 Å². The molecular formula is C16H16Br2FNO. The van der Waals surface area contributed by atoms with Crippen LogP contribution in [0.1, 0.15) is 28.3 Å². The number of nitrogens with two attached hydrogens (primary N) is 1. The van der Waals surface area contributed by atoms with E-state index in [1.165, 1.54) is 12.1 Å². The molecule has 0 aliphatic carbocycles. The third-order valence-electron chi connectivity index (χ3n) is 3.52. The predicted octanol–water partition coefficient (Wildman–Crippen LogP) is 5.02. The first kappa shape index (κ1) is 16.5. The van der Waals surface area contributed by atoms with E-state index in [0.29, 0.717) is 4.47 Å². The number of rotatable bonds is 3. The number of hydrogen-bond acceptors (Lipinski definition) is 2. The number of ether oxygens (including phenoxy) is 1. The second-order valence-electron chi connectivity index (χ2n) is 4.89. The van der Waals surface area contributed by atoms with E-state index in [4.69, 9.17) is 10.5 Å². The van der Waals surface area contributed by atoms with Gasteiger partial charge in [0.2, 0.25) is 0 Å². The van der Waals surface area contributed by atoms with Gasteiger partial charge in [0.1, 0.15) is 11.6 Å². The van der Waals surface area contributed by atoms with Crippen molar-refractivity contribution in [1.82, 2.24) is 0 Å². The molecule has 0 spiro atoms. The van der Waals surface area contributed by atoms with Crippen molar-refractivity contribution < 1.29 is 9.13 Å². The molecule has 21 heavy (non-hydrogen) atoms. The van der Waals surface area contributed by atoms with E-state index in [1.54, 1.807) is 13.2 Å². The van der Waals surface area contributed by atoms with Gasteiger partial charge in [-0.1, -0.05) is 37.9 Å². The quantitative estimate of drug-likeness (QED) is 0.761. The highest BCUT2D eigenvalue weighted by Crippen LogP contribution is 2.39. The molecule has 0 saturated carbocycles. The van der Waals surface area contributed by atoms with Crippen molar-refractivity contribution in [3.63, 3.8) is 0 Å². The summed E-state index contributed by atoms with van der Waals surface area (Å²) in [6.07, 6.45) is 0. The fourth-order valence-corrected chi connectivity index (χ4v) is 3.58. The summed E-state index contributed by atoms with van der Waals surface area (Å²) in [5.41, 5.74) is 10.2. The van der Waals surface area contributed by atoms with Gasteiger partial charge < -0.3 is 10.5 Å². The summed E-state index contributed by atoms with van der Waals surface area (Å²) in [4.78, 5) is 0. The van der Waals surface area contributed by atoms with Crippen LogP contribution in [0.5, 0.6) is 5.75 Å². The topological polar surface area (TPSA) is 35.2 Å². The van der Waals surface area contributed by atoms with E-state index in [9.17, 15) is 4.39 Å². The van der Waals surface area contributed by atoms with Crippen LogP contribution >= 0.6 is 31.9 Å². The van der Waals surface area contributed by atoms with Crippen molar-refractivity contribution in [2.45, 2.75) is 19.9 Å². The van der Waals surface area contributed by atoms with Gasteiger partial charge in [-0.15, -0.1) is 0 Å². The molecule has 2 aromatic rings.